The summed E-state index contributed by atoms with van der Waals surface area (Å²) in [7, 11) is 0. The van der Waals surface area contributed by atoms with Gasteiger partial charge in [-0.1, -0.05) is 0 Å². The smallest absolute Gasteiger partial charge is 0.383 e. The topological polar surface area (TPSA) is 138 Å². The van der Waals surface area contributed by atoms with Gasteiger partial charge in [0.25, 0.3) is 0 Å². The lowest BCUT2D eigenvalue weighted by atomic mass is 9.81. The Morgan fingerprint density at radius 3 is 2.59 bits per heavy atom. The quantitative estimate of drug-likeness (QED) is 0.379. The van der Waals surface area contributed by atoms with Gasteiger partial charge in [0.2, 0.25) is 5.91 Å². The third-order valence-electron chi connectivity index (χ3n) is 7.04. The molecule has 3 heterocycles. The molecular weight excluding hydrogens is 511 g/mol. The summed E-state index contributed by atoms with van der Waals surface area (Å²) in [6.45, 7) is 1.13. The highest BCUT2D eigenvalue weighted by Gasteiger charge is 2.41. The number of rotatable bonds is 6. The summed E-state index contributed by atoms with van der Waals surface area (Å²) >= 11 is 1.47. The number of likely N-dealkylation sites (tertiary alicyclic amines) is 1. The van der Waals surface area contributed by atoms with Crippen molar-refractivity contribution in [3.8, 4) is 0 Å². The molecule has 0 radical (unpaired) electrons. The van der Waals surface area contributed by atoms with Crippen LogP contribution in [-0.4, -0.2) is 68.4 Å². The van der Waals surface area contributed by atoms with E-state index in [4.69, 9.17) is 5.73 Å². The van der Waals surface area contributed by atoms with Crippen LogP contribution < -0.4 is 16.4 Å². The number of primary amides is 1. The maximum Gasteiger partial charge on any atom is 0.416 e. The Morgan fingerprint density at radius 2 is 1.97 bits per heavy atom. The highest BCUT2D eigenvalue weighted by molar-refractivity contribution is 7.09. The van der Waals surface area contributed by atoms with Gasteiger partial charge in [0.1, 0.15) is 10.6 Å². The number of carbonyl (C=O) groups is 2. The second-order valence-corrected chi connectivity index (χ2v) is 10.4. The van der Waals surface area contributed by atoms with Crippen molar-refractivity contribution in [3.05, 3.63) is 40.3 Å². The molecule has 3 aromatic rings. The van der Waals surface area contributed by atoms with Crippen LogP contribution in [-0.2, 0) is 16.6 Å². The van der Waals surface area contributed by atoms with Crippen LogP contribution in [0.1, 0.15) is 36.3 Å². The number of fused-ring (bicyclic) bond motifs is 1. The van der Waals surface area contributed by atoms with Crippen LogP contribution in [0, 0.1) is 0 Å². The zero-order chi connectivity index (χ0) is 26.4. The van der Waals surface area contributed by atoms with Crippen LogP contribution in [0.4, 0.5) is 23.8 Å². The van der Waals surface area contributed by atoms with Crippen LogP contribution >= 0.6 is 11.3 Å². The van der Waals surface area contributed by atoms with Gasteiger partial charge in [-0.2, -0.15) is 17.9 Å². The molecular formula is C23H26F3N7O3S. The van der Waals surface area contributed by atoms with Crippen LogP contribution in [0.5, 0.6) is 0 Å². The number of alkyl halides is 3. The van der Waals surface area contributed by atoms with Crippen molar-refractivity contribution in [3.63, 3.8) is 0 Å². The lowest BCUT2D eigenvalue weighted by Crippen LogP contribution is -2.63. The number of aliphatic hydroxyl groups is 1. The second kappa shape index (κ2) is 9.58. The van der Waals surface area contributed by atoms with Crippen LogP contribution in [0.15, 0.2) is 29.8 Å². The molecule has 37 heavy (non-hydrogen) atoms. The van der Waals surface area contributed by atoms with Crippen LogP contribution in [0.2, 0.25) is 0 Å². The van der Waals surface area contributed by atoms with E-state index in [1.54, 1.807) is 6.20 Å². The molecule has 198 valence electrons. The number of halogens is 3. The molecule has 2 aliphatic rings. The van der Waals surface area contributed by atoms with E-state index in [2.05, 4.69) is 25.6 Å². The number of amides is 2. The number of nitrogens with zero attached hydrogens (tertiary/aromatic N) is 4. The van der Waals surface area contributed by atoms with Crippen molar-refractivity contribution in [2.75, 3.05) is 25.0 Å². The van der Waals surface area contributed by atoms with Crippen molar-refractivity contribution < 1.29 is 27.9 Å². The first-order valence-corrected chi connectivity index (χ1v) is 12.7. The lowest BCUT2D eigenvalue weighted by molar-refractivity contribution is -0.137. The highest BCUT2D eigenvalue weighted by Crippen LogP contribution is 2.40. The highest BCUT2D eigenvalue weighted by atomic mass is 32.1. The molecule has 1 saturated heterocycles. The monoisotopic (exact) mass is 537 g/mol. The number of hydrogen-bond donors (Lipinski definition) is 4. The Balaban J connectivity index is 1.13. The van der Waals surface area contributed by atoms with E-state index in [0.717, 1.165) is 40.7 Å². The van der Waals surface area contributed by atoms with Gasteiger partial charge in [0.05, 0.1) is 23.7 Å². The predicted octanol–water partition coefficient (Wildman–Crippen LogP) is 2.48. The maximum atomic E-state index is 13.2. The summed E-state index contributed by atoms with van der Waals surface area (Å²) in [6.07, 6.45) is 0.0929. The zero-order valence-corrected chi connectivity index (χ0v) is 20.5. The molecule has 1 aliphatic carbocycles. The fraction of sp³-hybridized carbons (Fsp3) is 0.478. The van der Waals surface area contributed by atoms with Crippen molar-refractivity contribution >= 4 is 40.0 Å². The number of nitrogens with one attached hydrogen (secondary N) is 2. The van der Waals surface area contributed by atoms with Crippen LogP contribution in [0.25, 0.3) is 10.9 Å². The van der Waals surface area contributed by atoms with Crippen molar-refractivity contribution in [2.24, 2.45) is 5.73 Å². The largest absolute Gasteiger partial charge is 0.416 e. The summed E-state index contributed by atoms with van der Waals surface area (Å²) in [5, 5.41) is 23.1. The van der Waals surface area contributed by atoms with E-state index in [9.17, 15) is 27.9 Å². The van der Waals surface area contributed by atoms with Crippen LogP contribution in [0.3, 0.4) is 0 Å². The van der Waals surface area contributed by atoms with Crippen molar-refractivity contribution in [1.82, 2.24) is 25.0 Å². The molecule has 0 unspecified atom stereocenters. The summed E-state index contributed by atoms with van der Waals surface area (Å²) in [5.41, 5.74) is 3.63. The van der Waals surface area contributed by atoms with Crippen molar-refractivity contribution in [1.29, 1.82) is 0 Å². The summed E-state index contributed by atoms with van der Waals surface area (Å²) in [5.74, 6) is -0.389. The molecule has 0 spiro atoms. The molecule has 5 rings (SSSR count). The SMILES string of the molecule is NC(=O)n1nc(NCC(=O)NC2CN([C@H]3CC[C@@](O)(c4nccs4)CC3)C2)c2cc(C(F)(F)F)ccc21. The second-order valence-electron chi connectivity index (χ2n) is 9.50. The molecule has 2 aromatic heterocycles. The molecule has 1 aliphatic heterocycles. The Morgan fingerprint density at radius 1 is 1.24 bits per heavy atom. The zero-order valence-electron chi connectivity index (χ0n) is 19.7. The van der Waals surface area contributed by atoms with Gasteiger partial charge in [-0.3, -0.25) is 9.69 Å². The molecule has 10 nitrogen and oxygen atoms in total. The normalized spacial score (nSPS) is 23.1. The number of anilines is 1. The minimum absolute atomic E-state index is 0.0336. The Labute approximate surface area is 213 Å². The summed E-state index contributed by atoms with van der Waals surface area (Å²) < 4.78 is 40.3. The van der Waals surface area contributed by atoms with Gasteiger partial charge in [-0.05, 0) is 43.9 Å². The van der Waals surface area contributed by atoms with E-state index in [1.807, 2.05) is 5.38 Å². The maximum absolute atomic E-state index is 13.2. The average molecular weight is 538 g/mol. The first-order chi connectivity index (χ1) is 17.5. The fourth-order valence-corrected chi connectivity index (χ4v) is 5.85. The molecule has 5 N–H and O–H groups in total. The van der Waals surface area contributed by atoms with Gasteiger partial charge < -0.3 is 21.5 Å². The van der Waals surface area contributed by atoms with E-state index in [0.29, 0.717) is 32.0 Å². The summed E-state index contributed by atoms with van der Waals surface area (Å²) in [6, 6.07) is 2.15. The molecule has 14 heteroatoms. The molecule has 2 amide bonds. The average Bonchev–Trinajstić information content (AvgIpc) is 3.49. The standard InChI is InChI=1S/C23H26F3N7O3S/c24-23(25,26)13-1-2-17-16(9-13)19(31-33(17)21(27)35)29-10-18(34)30-14-11-32(12-14)15-3-5-22(36,6-4-15)20-28-7-8-37-20/h1-2,7-9,14-15,36H,3-6,10-12H2,(H2,27,35)(H,29,31)(H,30,34)/t15-,22-. The van der Waals surface area contributed by atoms with E-state index in [1.165, 1.54) is 11.3 Å². The Bertz CT molecular complexity index is 1300. The van der Waals surface area contributed by atoms with E-state index in [-0.39, 0.29) is 35.2 Å². The first kappa shape index (κ1) is 25.4. The van der Waals surface area contributed by atoms with Gasteiger partial charge >= 0.3 is 12.2 Å². The van der Waals surface area contributed by atoms with E-state index >= 15 is 0 Å². The predicted molar refractivity (Wildman–Crippen MR) is 130 cm³/mol. The number of benzene rings is 1. The first-order valence-electron chi connectivity index (χ1n) is 11.8. The molecule has 0 atom stereocenters. The van der Waals surface area contributed by atoms with Gasteiger partial charge in [0, 0.05) is 36.1 Å². The number of aromatic nitrogens is 3. The number of thiazole rings is 1. The summed E-state index contributed by atoms with van der Waals surface area (Å²) in [4.78, 5) is 30.7. The van der Waals surface area contributed by atoms with Crippen molar-refractivity contribution in [2.45, 2.75) is 49.5 Å². The minimum Gasteiger partial charge on any atom is -0.383 e. The molecule has 1 aromatic carbocycles. The third-order valence-corrected chi connectivity index (χ3v) is 8.00. The molecule has 1 saturated carbocycles. The molecule has 2 fully saturated rings. The van der Waals surface area contributed by atoms with E-state index < -0.39 is 23.4 Å². The third kappa shape index (κ3) is 5.13. The van der Waals surface area contributed by atoms with Gasteiger partial charge in [-0.15, -0.1) is 16.4 Å². The lowest BCUT2D eigenvalue weighted by Gasteiger charge is -2.47. The minimum atomic E-state index is -4.58. The fourth-order valence-electron chi connectivity index (χ4n) is 5.05. The van der Waals surface area contributed by atoms with Gasteiger partial charge in [0.15, 0.2) is 5.82 Å². The van der Waals surface area contributed by atoms with Gasteiger partial charge in [-0.25, -0.2) is 9.78 Å². The Hall–Kier alpha value is -3.23. The number of carbonyl (C=O) groups excluding carboxylic acids is 2. The number of nitrogens with two attached hydrogens (primary N) is 1. The Kier molecular flexibility index (Phi) is 6.58. The molecule has 0 bridgehead atoms. The number of hydrogen-bond acceptors (Lipinski definition) is 8.